The highest BCUT2D eigenvalue weighted by Crippen LogP contribution is 2.45. The molecule has 17 nitrogen and oxygen atoms in total. The monoisotopic (exact) mass is 1470 g/mol. The molecule has 0 amide bonds. The molecule has 0 heterocycles. The predicted octanol–water partition coefficient (Wildman–Crippen LogP) is 22.4. The Kier molecular flexibility index (Phi) is 70.1. The maximum atomic E-state index is 13.1. The van der Waals surface area contributed by atoms with Crippen molar-refractivity contribution in [3.8, 4) is 0 Å². The Morgan fingerprint density at radius 2 is 0.549 bits per heavy atom. The number of carbonyl (C=O) groups excluding carboxylic acids is 4. The molecular formula is C83H136O17P2. The highest BCUT2D eigenvalue weighted by Gasteiger charge is 2.30. The lowest BCUT2D eigenvalue weighted by atomic mass is 10.1. The van der Waals surface area contributed by atoms with Crippen molar-refractivity contribution in [1.82, 2.24) is 0 Å². The summed E-state index contributed by atoms with van der Waals surface area (Å²) < 4.78 is 68.3. The minimum absolute atomic E-state index is 0.0845. The second-order valence-corrected chi connectivity index (χ2v) is 28.1. The molecule has 0 saturated heterocycles. The molecule has 102 heavy (non-hydrogen) atoms. The number of hydrogen-bond donors (Lipinski definition) is 3. The molecule has 580 valence electrons. The molecule has 0 aliphatic heterocycles. The van der Waals surface area contributed by atoms with Gasteiger partial charge >= 0.3 is 39.5 Å². The molecule has 0 aliphatic rings. The topological polar surface area (TPSA) is 237 Å². The quantitative estimate of drug-likeness (QED) is 0.0169. The molecule has 0 aromatic carbocycles. The Labute approximate surface area is 617 Å². The molecular weight excluding hydrogens is 1330 g/mol. The first-order valence-electron chi connectivity index (χ1n) is 38.7. The van der Waals surface area contributed by atoms with Gasteiger partial charge in [-0.3, -0.25) is 37.3 Å². The summed E-state index contributed by atoms with van der Waals surface area (Å²) >= 11 is 0. The standard InChI is InChI=1S/C83H136O17P2/c1-5-9-13-17-21-25-29-32-35-37-38-40-43-45-49-52-56-60-64-68-81(86)94-74-79(100-83(88)70-66-62-58-54-50-46-41-34-31-27-23-19-15-11-7-3)76-98-102(91,92)96-72-77(84)71-95-101(89,90)97-75-78(99-82(87)69-65-61-57-53-47-28-24-20-16-12-8-4)73-93-80(85)67-63-59-55-51-48-44-42-39-36-33-30-26-22-18-14-10-6-2/h9-11,13-15,21-23,25-27,32-36,38,40-42,44,50,54,62,66,77-79,84H,5-8,12,16-20,24,28-31,37,39,43,45-49,51-53,55-61,63-65,67-76H2,1-4H3,(H,89,90)(H,91,92)/b13-9-,14-10-,15-11-,25-21-,26-22-,27-23-,35-32-,36-33-,40-38-,41-34-,44-42-,54-50-,66-62-. The Balaban J connectivity index is 5.42. The molecule has 0 rings (SSSR count). The van der Waals surface area contributed by atoms with Crippen molar-refractivity contribution in [1.29, 1.82) is 0 Å². The lowest BCUT2D eigenvalue weighted by Gasteiger charge is -2.21. The molecule has 0 aromatic rings. The number of allylic oxidation sites excluding steroid dienone is 25. The summed E-state index contributed by atoms with van der Waals surface area (Å²) in [6.07, 6.45) is 85.5. The second kappa shape index (κ2) is 74.0. The van der Waals surface area contributed by atoms with Crippen molar-refractivity contribution >= 4 is 39.5 Å². The Morgan fingerprint density at radius 3 is 0.873 bits per heavy atom. The molecule has 0 saturated carbocycles. The molecule has 0 fully saturated rings. The van der Waals surface area contributed by atoms with Crippen molar-refractivity contribution in [2.75, 3.05) is 39.6 Å². The smallest absolute Gasteiger partial charge is 0.462 e. The first kappa shape index (κ1) is 96.7. The van der Waals surface area contributed by atoms with Gasteiger partial charge in [0.25, 0.3) is 0 Å². The van der Waals surface area contributed by atoms with Crippen LogP contribution in [0, 0.1) is 0 Å². The highest BCUT2D eigenvalue weighted by molar-refractivity contribution is 7.47. The fourth-order valence-corrected chi connectivity index (χ4v) is 11.3. The van der Waals surface area contributed by atoms with E-state index in [-0.39, 0.29) is 25.7 Å². The Morgan fingerprint density at radius 1 is 0.294 bits per heavy atom. The number of phosphoric acid groups is 2. The van der Waals surface area contributed by atoms with Gasteiger partial charge in [0.1, 0.15) is 19.3 Å². The number of hydrogen-bond acceptors (Lipinski definition) is 15. The van der Waals surface area contributed by atoms with Crippen LogP contribution in [-0.4, -0.2) is 96.7 Å². The normalized spacial score (nSPS) is 14.8. The van der Waals surface area contributed by atoms with Gasteiger partial charge in [-0.1, -0.05) is 288 Å². The average Bonchev–Trinajstić information content (AvgIpc) is 0.936. The van der Waals surface area contributed by atoms with E-state index in [1.54, 1.807) is 12.2 Å². The minimum Gasteiger partial charge on any atom is -0.462 e. The number of unbranched alkanes of at least 4 members (excludes halogenated alkanes) is 20. The molecule has 0 spiro atoms. The highest BCUT2D eigenvalue weighted by atomic mass is 31.2. The van der Waals surface area contributed by atoms with Gasteiger partial charge in [-0.15, -0.1) is 0 Å². The molecule has 0 bridgehead atoms. The SMILES string of the molecule is CC/C=C\C/C=C\C/C=C\C/C=C\C/C=C\CC(=O)OC(COC(=O)CCCCCCCC/C=C\C/C=C\C/C=C\C/C=C\CC)COP(=O)(O)OCC(O)COP(=O)(O)OCC(COC(=O)CCCCCC/C=C\C/C=C\C/C=C\C/C=C\CC)OC(=O)CCCCCCCCCCCCC. The van der Waals surface area contributed by atoms with Crippen molar-refractivity contribution in [3.05, 3.63) is 158 Å². The Hall–Kier alpha value is -5.32. The van der Waals surface area contributed by atoms with E-state index in [4.69, 9.17) is 37.0 Å². The van der Waals surface area contributed by atoms with Gasteiger partial charge in [0.05, 0.1) is 32.8 Å². The summed E-state index contributed by atoms with van der Waals surface area (Å²) in [5.41, 5.74) is 0. The first-order chi connectivity index (χ1) is 49.7. The summed E-state index contributed by atoms with van der Waals surface area (Å²) in [7, 11) is -10.00. The summed E-state index contributed by atoms with van der Waals surface area (Å²) in [6.45, 7) is 4.35. The number of ether oxygens (including phenoxy) is 4. The van der Waals surface area contributed by atoms with Crippen molar-refractivity contribution in [3.63, 3.8) is 0 Å². The van der Waals surface area contributed by atoms with Gasteiger partial charge in [-0.25, -0.2) is 9.13 Å². The first-order valence-corrected chi connectivity index (χ1v) is 41.7. The van der Waals surface area contributed by atoms with Crippen LogP contribution in [0.15, 0.2) is 158 Å². The molecule has 5 unspecified atom stereocenters. The van der Waals surface area contributed by atoms with E-state index >= 15 is 0 Å². The van der Waals surface area contributed by atoms with E-state index in [1.165, 1.54) is 38.5 Å². The van der Waals surface area contributed by atoms with Crippen LogP contribution >= 0.6 is 15.6 Å². The predicted molar refractivity (Wildman–Crippen MR) is 417 cm³/mol. The van der Waals surface area contributed by atoms with Crippen molar-refractivity contribution in [2.45, 2.75) is 303 Å². The number of rotatable bonds is 71. The molecule has 0 radical (unpaired) electrons. The summed E-state index contributed by atoms with van der Waals surface area (Å²) in [6, 6.07) is 0. The molecule has 3 N–H and O–H groups in total. The van der Waals surface area contributed by atoms with Gasteiger partial charge in [-0.05, 0) is 128 Å². The van der Waals surface area contributed by atoms with Gasteiger partial charge in [0.15, 0.2) is 12.2 Å². The summed E-state index contributed by atoms with van der Waals surface area (Å²) in [5.74, 6) is -2.37. The third kappa shape index (κ3) is 73.0. The lowest BCUT2D eigenvalue weighted by Crippen LogP contribution is -2.30. The lowest BCUT2D eigenvalue weighted by molar-refractivity contribution is -0.161. The number of aliphatic hydroxyl groups excluding tert-OH is 1. The zero-order chi connectivity index (χ0) is 74.6. The van der Waals surface area contributed by atoms with Crippen LogP contribution in [0.4, 0.5) is 0 Å². The average molecular weight is 1470 g/mol. The molecule has 0 aliphatic carbocycles. The van der Waals surface area contributed by atoms with Crippen LogP contribution in [0.5, 0.6) is 0 Å². The van der Waals surface area contributed by atoms with E-state index in [1.807, 2.05) is 12.2 Å². The zero-order valence-electron chi connectivity index (χ0n) is 63.2. The maximum absolute atomic E-state index is 13.1. The van der Waals surface area contributed by atoms with E-state index in [0.29, 0.717) is 25.7 Å². The number of aliphatic hydroxyl groups is 1. The largest absolute Gasteiger partial charge is 0.472 e. The fraction of sp³-hybridized carbons (Fsp3) is 0.639. The second-order valence-electron chi connectivity index (χ2n) is 25.2. The number of carbonyl (C=O) groups is 4. The third-order valence-electron chi connectivity index (χ3n) is 15.5. The van der Waals surface area contributed by atoms with Crippen LogP contribution < -0.4 is 0 Å². The van der Waals surface area contributed by atoms with Crippen LogP contribution in [-0.2, 0) is 65.4 Å². The minimum atomic E-state index is -5.01. The van der Waals surface area contributed by atoms with E-state index in [0.717, 1.165) is 167 Å². The van der Waals surface area contributed by atoms with E-state index < -0.39 is 97.5 Å². The number of phosphoric ester groups is 2. The summed E-state index contributed by atoms with van der Waals surface area (Å²) in [5, 5.41) is 10.6. The maximum Gasteiger partial charge on any atom is 0.472 e. The summed E-state index contributed by atoms with van der Waals surface area (Å²) in [4.78, 5) is 72.8. The molecule has 0 aromatic heterocycles. The van der Waals surface area contributed by atoms with E-state index in [9.17, 15) is 43.2 Å². The third-order valence-corrected chi connectivity index (χ3v) is 17.4. The van der Waals surface area contributed by atoms with Gasteiger partial charge in [0, 0.05) is 19.3 Å². The van der Waals surface area contributed by atoms with Crippen LogP contribution in [0.25, 0.3) is 0 Å². The molecule has 5 atom stereocenters. The van der Waals surface area contributed by atoms with Gasteiger partial charge < -0.3 is 33.8 Å². The van der Waals surface area contributed by atoms with Crippen LogP contribution in [0.3, 0.4) is 0 Å². The molecule has 19 heteroatoms. The van der Waals surface area contributed by atoms with Crippen LogP contribution in [0.1, 0.15) is 285 Å². The van der Waals surface area contributed by atoms with Crippen molar-refractivity contribution < 1.29 is 80.2 Å². The fourth-order valence-electron chi connectivity index (χ4n) is 9.75. The van der Waals surface area contributed by atoms with Crippen molar-refractivity contribution in [2.24, 2.45) is 0 Å². The van der Waals surface area contributed by atoms with E-state index in [2.05, 4.69) is 161 Å². The Bertz CT molecular complexity index is 2550. The van der Waals surface area contributed by atoms with Gasteiger partial charge in [0.2, 0.25) is 0 Å². The van der Waals surface area contributed by atoms with Gasteiger partial charge in [-0.2, -0.15) is 0 Å². The van der Waals surface area contributed by atoms with Crippen LogP contribution in [0.2, 0.25) is 0 Å². The number of esters is 4. The zero-order valence-corrected chi connectivity index (χ0v) is 65.0.